The zero-order valence-electron chi connectivity index (χ0n) is 13.1. The van der Waals surface area contributed by atoms with E-state index in [1.165, 1.54) is 5.56 Å². The van der Waals surface area contributed by atoms with Gasteiger partial charge in [0.25, 0.3) is 0 Å². The van der Waals surface area contributed by atoms with E-state index in [9.17, 15) is 4.79 Å². The number of anilines is 2. The van der Waals surface area contributed by atoms with Crippen molar-refractivity contribution in [2.75, 3.05) is 24.3 Å². The van der Waals surface area contributed by atoms with Gasteiger partial charge in [-0.1, -0.05) is 35.9 Å². The first-order valence-electron chi connectivity index (χ1n) is 7.13. The second-order valence-electron chi connectivity index (χ2n) is 5.29. The van der Waals surface area contributed by atoms with Crippen LogP contribution in [-0.4, -0.2) is 20.1 Å². The molecule has 2 rings (SSSR count). The SMILES string of the molecule is Cc1cccc(/C=C/NC(=O)Nc2cccc(N(C)C)c2)c1. The van der Waals surface area contributed by atoms with Crippen LogP contribution in [0.5, 0.6) is 0 Å². The third-order valence-corrected chi connectivity index (χ3v) is 3.15. The van der Waals surface area contributed by atoms with Crippen molar-refractivity contribution in [1.29, 1.82) is 0 Å². The van der Waals surface area contributed by atoms with Crippen LogP contribution in [0, 0.1) is 6.92 Å². The maximum absolute atomic E-state index is 11.9. The number of benzene rings is 2. The van der Waals surface area contributed by atoms with E-state index < -0.39 is 0 Å². The molecule has 114 valence electrons. The molecule has 0 aliphatic heterocycles. The molecule has 0 atom stereocenters. The first-order valence-corrected chi connectivity index (χ1v) is 7.13. The van der Waals surface area contributed by atoms with E-state index in [0.29, 0.717) is 0 Å². The molecular weight excluding hydrogens is 274 g/mol. The highest BCUT2D eigenvalue weighted by molar-refractivity contribution is 5.90. The molecule has 0 aliphatic rings. The molecule has 0 radical (unpaired) electrons. The molecule has 0 bridgehead atoms. The predicted octanol–water partition coefficient (Wildman–Crippen LogP) is 3.85. The fourth-order valence-electron chi connectivity index (χ4n) is 2.02. The first-order chi connectivity index (χ1) is 10.5. The molecule has 0 saturated carbocycles. The summed E-state index contributed by atoms with van der Waals surface area (Å²) in [7, 11) is 3.92. The summed E-state index contributed by atoms with van der Waals surface area (Å²) in [5.74, 6) is 0. The fourth-order valence-corrected chi connectivity index (χ4v) is 2.02. The van der Waals surface area contributed by atoms with Crippen LogP contribution < -0.4 is 15.5 Å². The van der Waals surface area contributed by atoms with Crippen molar-refractivity contribution in [3.63, 3.8) is 0 Å². The third-order valence-electron chi connectivity index (χ3n) is 3.15. The van der Waals surface area contributed by atoms with Gasteiger partial charge in [0.2, 0.25) is 0 Å². The molecule has 2 aromatic carbocycles. The average Bonchev–Trinajstić information content (AvgIpc) is 2.47. The van der Waals surface area contributed by atoms with Gasteiger partial charge in [0.15, 0.2) is 0 Å². The number of rotatable bonds is 4. The minimum absolute atomic E-state index is 0.264. The van der Waals surface area contributed by atoms with Gasteiger partial charge in [-0.2, -0.15) is 0 Å². The number of nitrogens with zero attached hydrogens (tertiary/aromatic N) is 1. The Bertz CT molecular complexity index is 678. The average molecular weight is 295 g/mol. The molecule has 0 fully saturated rings. The van der Waals surface area contributed by atoms with Gasteiger partial charge in [-0.25, -0.2) is 4.79 Å². The lowest BCUT2D eigenvalue weighted by Gasteiger charge is -2.13. The van der Waals surface area contributed by atoms with E-state index in [-0.39, 0.29) is 6.03 Å². The first kappa shape index (κ1) is 15.6. The lowest BCUT2D eigenvalue weighted by Crippen LogP contribution is -2.23. The molecule has 0 spiro atoms. The Morgan fingerprint density at radius 3 is 2.59 bits per heavy atom. The molecule has 4 nitrogen and oxygen atoms in total. The molecule has 0 unspecified atom stereocenters. The summed E-state index contributed by atoms with van der Waals surface area (Å²) in [6, 6.07) is 15.5. The molecule has 2 aromatic rings. The second kappa shape index (κ2) is 7.31. The Hall–Kier alpha value is -2.75. The number of urea groups is 1. The van der Waals surface area contributed by atoms with Crippen LogP contribution in [0.3, 0.4) is 0 Å². The van der Waals surface area contributed by atoms with Crippen molar-refractivity contribution < 1.29 is 4.79 Å². The Balaban J connectivity index is 1.92. The summed E-state index contributed by atoms with van der Waals surface area (Å²) in [6.07, 6.45) is 3.50. The number of aryl methyl sites for hydroxylation is 1. The highest BCUT2D eigenvalue weighted by atomic mass is 16.2. The number of carbonyl (C=O) groups is 1. The van der Waals surface area contributed by atoms with E-state index in [0.717, 1.165) is 16.9 Å². The molecule has 0 saturated heterocycles. The van der Waals surface area contributed by atoms with Crippen LogP contribution in [0.25, 0.3) is 6.08 Å². The van der Waals surface area contributed by atoms with Crippen molar-refractivity contribution in [2.24, 2.45) is 0 Å². The lowest BCUT2D eigenvalue weighted by atomic mass is 10.1. The van der Waals surface area contributed by atoms with Gasteiger partial charge < -0.3 is 15.5 Å². The van der Waals surface area contributed by atoms with Crippen LogP contribution in [0.1, 0.15) is 11.1 Å². The van der Waals surface area contributed by atoms with Crippen molar-refractivity contribution in [3.05, 3.63) is 65.9 Å². The van der Waals surface area contributed by atoms with Gasteiger partial charge in [-0.15, -0.1) is 0 Å². The van der Waals surface area contributed by atoms with Crippen LogP contribution in [-0.2, 0) is 0 Å². The lowest BCUT2D eigenvalue weighted by molar-refractivity contribution is 0.255. The molecular formula is C18H21N3O. The quantitative estimate of drug-likeness (QED) is 0.899. The summed E-state index contributed by atoms with van der Waals surface area (Å²) in [5, 5.41) is 5.51. The minimum Gasteiger partial charge on any atom is -0.378 e. The smallest absolute Gasteiger partial charge is 0.323 e. The zero-order valence-corrected chi connectivity index (χ0v) is 13.1. The monoisotopic (exact) mass is 295 g/mol. The highest BCUT2D eigenvalue weighted by Gasteiger charge is 2.01. The van der Waals surface area contributed by atoms with Crippen LogP contribution in [0.4, 0.5) is 16.2 Å². The summed E-state index contributed by atoms with van der Waals surface area (Å²) < 4.78 is 0. The van der Waals surface area contributed by atoms with E-state index >= 15 is 0 Å². The summed E-state index contributed by atoms with van der Waals surface area (Å²) in [6.45, 7) is 2.04. The normalized spacial score (nSPS) is 10.5. The van der Waals surface area contributed by atoms with Gasteiger partial charge in [0.1, 0.15) is 0 Å². The number of hydrogen-bond donors (Lipinski definition) is 2. The number of amides is 2. The molecule has 0 aliphatic carbocycles. The van der Waals surface area contributed by atoms with Gasteiger partial charge in [-0.05, 0) is 36.8 Å². The maximum Gasteiger partial charge on any atom is 0.323 e. The van der Waals surface area contributed by atoms with Gasteiger partial charge in [-0.3, -0.25) is 0 Å². The Morgan fingerprint density at radius 1 is 1.09 bits per heavy atom. The maximum atomic E-state index is 11.9. The molecule has 0 heterocycles. The molecule has 0 aromatic heterocycles. The highest BCUT2D eigenvalue weighted by Crippen LogP contribution is 2.17. The summed E-state index contributed by atoms with van der Waals surface area (Å²) in [5.41, 5.74) is 4.03. The van der Waals surface area contributed by atoms with Crippen LogP contribution >= 0.6 is 0 Å². The Labute approximate surface area is 131 Å². The molecule has 4 heteroatoms. The number of carbonyl (C=O) groups excluding carboxylic acids is 1. The van der Waals surface area contributed by atoms with Crippen molar-refractivity contribution in [2.45, 2.75) is 6.92 Å². The Kier molecular flexibility index (Phi) is 5.20. The van der Waals surface area contributed by atoms with Crippen molar-refractivity contribution >= 4 is 23.5 Å². The van der Waals surface area contributed by atoms with E-state index in [1.54, 1.807) is 6.20 Å². The second-order valence-corrected chi connectivity index (χ2v) is 5.29. The topological polar surface area (TPSA) is 44.4 Å². The predicted molar refractivity (Wildman–Crippen MR) is 93.1 cm³/mol. The summed E-state index contributed by atoms with van der Waals surface area (Å²) in [4.78, 5) is 13.9. The van der Waals surface area contributed by atoms with E-state index in [2.05, 4.69) is 16.7 Å². The van der Waals surface area contributed by atoms with Gasteiger partial charge in [0.05, 0.1) is 0 Å². The molecule has 2 amide bonds. The van der Waals surface area contributed by atoms with Crippen molar-refractivity contribution in [3.8, 4) is 0 Å². The van der Waals surface area contributed by atoms with Crippen molar-refractivity contribution in [1.82, 2.24) is 5.32 Å². The third kappa shape index (κ3) is 4.66. The largest absolute Gasteiger partial charge is 0.378 e. The zero-order chi connectivity index (χ0) is 15.9. The van der Waals surface area contributed by atoms with Gasteiger partial charge in [0, 0.05) is 31.7 Å². The Morgan fingerprint density at radius 2 is 1.86 bits per heavy atom. The molecule has 22 heavy (non-hydrogen) atoms. The standard InChI is InChI=1S/C18H21N3O/c1-14-6-4-7-15(12-14)10-11-19-18(22)20-16-8-5-9-17(13-16)21(2)3/h4-13H,1-3H3,(H2,19,20,22)/b11-10+. The van der Waals surface area contributed by atoms with E-state index in [1.807, 2.05) is 74.5 Å². The minimum atomic E-state index is -0.264. The summed E-state index contributed by atoms with van der Waals surface area (Å²) >= 11 is 0. The number of hydrogen-bond acceptors (Lipinski definition) is 2. The molecule has 2 N–H and O–H groups in total. The van der Waals surface area contributed by atoms with E-state index in [4.69, 9.17) is 0 Å². The van der Waals surface area contributed by atoms with Crippen LogP contribution in [0.2, 0.25) is 0 Å². The van der Waals surface area contributed by atoms with Crippen LogP contribution in [0.15, 0.2) is 54.7 Å². The van der Waals surface area contributed by atoms with Gasteiger partial charge >= 0.3 is 6.03 Å². The fraction of sp³-hybridized carbons (Fsp3) is 0.167. The number of nitrogens with one attached hydrogen (secondary N) is 2.